The van der Waals surface area contributed by atoms with Crippen molar-refractivity contribution in [3.63, 3.8) is 0 Å². The molecule has 0 fully saturated rings. The second-order valence-corrected chi connectivity index (χ2v) is 5.73. The van der Waals surface area contributed by atoms with E-state index in [4.69, 9.17) is 4.74 Å². The molecule has 0 amide bonds. The molecule has 1 rings (SSSR count). The number of esters is 1. The van der Waals surface area contributed by atoms with Gasteiger partial charge in [0.05, 0.1) is 12.5 Å². The lowest BCUT2D eigenvalue weighted by Gasteiger charge is -2.18. The zero-order chi connectivity index (χ0) is 13.1. The number of hydrogen-bond donors (Lipinski definition) is 0. The summed E-state index contributed by atoms with van der Waals surface area (Å²) < 4.78 is 5.23. The topological polar surface area (TPSA) is 54.8 Å². The molecular formula is C11H17N3O2S. The summed E-state index contributed by atoms with van der Waals surface area (Å²) in [7, 11) is 3.73. The fourth-order valence-electron chi connectivity index (χ4n) is 0.912. The van der Waals surface area contributed by atoms with E-state index < -0.39 is 5.60 Å². The Bertz CT molecular complexity index is 419. The fourth-order valence-corrected chi connectivity index (χ4v) is 1.54. The van der Waals surface area contributed by atoms with E-state index in [-0.39, 0.29) is 5.97 Å². The Morgan fingerprint density at radius 3 is 2.71 bits per heavy atom. The molecule has 0 unspecified atom stereocenters. The number of thiazole rings is 1. The Hall–Kier alpha value is -1.43. The highest BCUT2D eigenvalue weighted by molar-refractivity contribution is 7.17. The van der Waals surface area contributed by atoms with Crippen LogP contribution in [0.3, 0.4) is 0 Å². The quantitative estimate of drug-likeness (QED) is 0.472. The van der Waals surface area contributed by atoms with Crippen LogP contribution in [-0.4, -0.2) is 41.9 Å². The Morgan fingerprint density at radius 1 is 1.53 bits per heavy atom. The normalized spacial score (nSPS) is 11.8. The van der Waals surface area contributed by atoms with Crippen molar-refractivity contribution in [1.29, 1.82) is 0 Å². The third-order valence-corrected chi connectivity index (χ3v) is 2.38. The summed E-state index contributed by atoms with van der Waals surface area (Å²) >= 11 is 1.21. The van der Waals surface area contributed by atoms with Gasteiger partial charge in [0, 0.05) is 14.1 Å². The number of aromatic nitrogens is 1. The van der Waals surface area contributed by atoms with Crippen molar-refractivity contribution in [2.75, 3.05) is 14.1 Å². The van der Waals surface area contributed by atoms with Gasteiger partial charge in [-0.2, -0.15) is 0 Å². The molecule has 0 radical (unpaired) electrons. The first-order valence-corrected chi connectivity index (χ1v) is 5.99. The smallest absolute Gasteiger partial charge is 0.350 e. The molecule has 5 nitrogen and oxygen atoms in total. The maximum atomic E-state index is 11.7. The molecule has 1 heterocycles. The van der Waals surface area contributed by atoms with Crippen LogP contribution in [0.15, 0.2) is 11.2 Å². The minimum absolute atomic E-state index is 0.360. The van der Waals surface area contributed by atoms with Gasteiger partial charge in [0.25, 0.3) is 0 Å². The molecule has 0 spiro atoms. The Labute approximate surface area is 105 Å². The van der Waals surface area contributed by atoms with Gasteiger partial charge in [-0.05, 0) is 20.8 Å². The Morgan fingerprint density at radius 2 is 2.18 bits per heavy atom. The number of rotatable bonds is 3. The summed E-state index contributed by atoms with van der Waals surface area (Å²) in [5.41, 5.74) is -0.492. The van der Waals surface area contributed by atoms with E-state index in [9.17, 15) is 4.79 Å². The zero-order valence-corrected chi connectivity index (χ0v) is 11.5. The highest BCUT2D eigenvalue weighted by Gasteiger charge is 2.19. The highest BCUT2D eigenvalue weighted by atomic mass is 32.1. The van der Waals surface area contributed by atoms with Gasteiger partial charge in [-0.1, -0.05) is 11.3 Å². The molecule has 1 aromatic rings. The summed E-state index contributed by atoms with van der Waals surface area (Å²) in [4.78, 5) is 22.1. The van der Waals surface area contributed by atoms with Crippen LogP contribution >= 0.6 is 11.3 Å². The lowest BCUT2D eigenvalue weighted by molar-refractivity contribution is 0.00750. The van der Waals surface area contributed by atoms with Crippen LogP contribution in [0.5, 0.6) is 0 Å². The average molecular weight is 255 g/mol. The molecule has 0 N–H and O–H groups in total. The second-order valence-electron chi connectivity index (χ2n) is 4.72. The van der Waals surface area contributed by atoms with Gasteiger partial charge >= 0.3 is 5.97 Å². The van der Waals surface area contributed by atoms with Gasteiger partial charge in [0.15, 0.2) is 0 Å². The first-order valence-electron chi connectivity index (χ1n) is 5.18. The van der Waals surface area contributed by atoms with E-state index in [1.54, 1.807) is 11.2 Å². The number of nitrogens with zero attached hydrogens (tertiary/aromatic N) is 3. The van der Waals surface area contributed by atoms with E-state index in [1.165, 1.54) is 17.5 Å². The van der Waals surface area contributed by atoms with Gasteiger partial charge in [0.1, 0.15) is 10.5 Å². The molecule has 0 bridgehead atoms. The predicted molar refractivity (Wildman–Crippen MR) is 69.1 cm³/mol. The lowest BCUT2D eigenvalue weighted by Crippen LogP contribution is -2.23. The van der Waals surface area contributed by atoms with Crippen molar-refractivity contribution in [2.24, 2.45) is 4.99 Å². The van der Waals surface area contributed by atoms with Gasteiger partial charge in [-0.15, -0.1) is 0 Å². The summed E-state index contributed by atoms with van der Waals surface area (Å²) in [6, 6.07) is 0. The third-order valence-electron chi connectivity index (χ3n) is 1.49. The largest absolute Gasteiger partial charge is 0.456 e. The lowest BCUT2D eigenvalue weighted by atomic mass is 10.2. The van der Waals surface area contributed by atoms with Crippen LogP contribution in [0.4, 0.5) is 5.13 Å². The maximum Gasteiger partial charge on any atom is 0.350 e. The SMILES string of the molecule is CN(C)C=Nc1ncc(C(=O)OC(C)(C)C)s1. The van der Waals surface area contributed by atoms with E-state index in [2.05, 4.69) is 9.98 Å². The van der Waals surface area contributed by atoms with Crippen molar-refractivity contribution in [3.05, 3.63) is 11.1 Å². The van der Waals surface area contributed by atoms with Crippen molar-refractivity contribution in [3.8, 4) is 0 Å². The van der Waals surface area contributed by atoms with Gasteiger partial charge in [0.2, 0.25) is 5.13 Å². The minimum Gasteiger partial charge on any atom is -0.456 e. The van der Waals surface area contributed by atoms with Crippen LogP contribution in [0.1, 0.15) is 30.4 Å². The number of carbonyl (C=O) groups excluding carboxylic acids is 1. The minimum atomic E-state index is -0.492. The average Bonchev–Trinajstić information content (AvgIpc) is 2.60. The van der Waals surface area contributed by atoms with E-state index >= 15 is 0 Å². The van der Waals surface area contributed by atoms with Crippen LogP contribution in [-0.2, 0) is 4.74 Å². The standard InChI is InChI=1S/C11H17N3O2S/c1-11(2,3)16-9(15)8-6-12-10(17-8)13-7-14(4)5/h6-7H,1-5H3. The molecule has 0 aliphatic carbocycles. The first kappa shape index (κ1) is 13.6. The molecule has 0 saturated heterocycles. The number of carbonyl (C=O) groups is 1. The molecule has 94 valence electrons. The number of ether oxygens (including phenoxy) is 1. The van der Waals surface area contributed by atoms with Crippen LogP contribution in [0.25, 0.3) is 0 Å². The van der Waals surface area contributed by atoms with E-state index in [0.29, 0.717) is 10.0 Å². The van der Waals surface area contributed by atoms with Gasteiger partial charge in [-0.3, -0.25) is 0 Å². The molecule has 0 aromatic carbocycles. The van der Waals surface area contributed by atoms with Crippen LogP contribution in [0, 0.1) is 0 Å². The molecular weight excluding hydrogens is 238 g/mol. The fraction of sp³-hybridized carbons (Fsp3) is 0.545. The highest BCUT2D eigenvalue weighted by Crippen LogP contribution is 2.23. The molecule has 0 aliphatic heterocycles. The second kappa shape index (κ2) is 5.27. The van der Waals surface area contributed by atoms with E-state index in [0.717, 1.165) is 0 Å². The van der Waals surface area contributed by atoms with Crippen LogP contribution in [0.2, 0.25) is 0 Å². The third kappa shape index (κ3) is 4.95. The molecule has 0 atom stereocenters. The number of aliphatic imine (C=N–C) groups is 1. The Balaban J connectivity index is 2.71. The van der Waals surface area contributed by atoms with Crippen molar-refractivity contribution < 1.29 is 9.53 Å². The molecule has 17 heavy (non-hydrogen) atoms. The molecule has 0 saturated carbocycles. The van der Waals surface area contributed by atoms with Crippen molar-refractivity contribution >= 4 is 28.8 Å². The molecule has 0 aliphatic rings. The summed E-state index contributed by atoms with van der Waals surface area (Å²) in [6.45, 7) is 5.49. The monoisotopic (exact) mass is 255 g/mol. The van der Waals surface area contributed by atoms with Crippen molar-refractivity contribution in [1.82, 2.24) is 9.88 Å². The van der Waals surface area contributed by atoms with Crippen LogP contribution < -0.4 is 0 Å². The maximum absolute atomic E-state index is 11.7. The summed E-state index contributed by atoms with van der Waals surface area (Å²) in [5, 5.41) is 0.541. The Kier molecular flexibility index (Phi) is 4.22. The van der Waals surface area contributed by atoms with E-state index in [1.807, 2.05) is 34.9 Å². The summed E-state index contributed by atoms with van der Waals surface area (Å²) in [6.07, 6.45) is 3.12. The van der Waals surface area contributed by atoms with Gasteiger partial charge in [-0.25, -0.2) is 14.8 Å². The number of hydrogen-bond acceptors (Lipinski definition) is 5. The summed E-state index contributed by atoms with van der Waals surface area (Å²) in [5.74, 6) is -0.360. The molecule has 6 heteroatoms. The van der Waals surface area contributed by atoms with Gasteiger partial charge < -0.3 is 9.64 Å². The predicted octanol–water partition coefficient (Wildman–Crippen LogP) is 2.32. The zero-order valence-electron chi connectivity index (χ0n) is 10.7. The first-order chi connectivity index (χ1) is 7.78. The van der Waals surface area contributed by atoms with Crippen molar-refractivity contribution in [2.45, 2.75) is 26.4 Å². The molecule has 1 aromatic heterocycles.